The van der Waals surface area contributed by atoms with Crippen LogP contribution in [0.1, 0.15) is 107 Å². The zero-order valence-corrected chi connectivity index (χ0v) is 17.6. The molecular weight excluding hydrogens is 392 g/mol. The molecule has 1 rings (SSSR count). The number of carboxylic acid groups (broad SMARTS) is 2. The molecule has 0 bridgehead atoms. The summed E-state index contributed by atoms with van der Waals surface area (Å²) in [5, 5.41) is 18.8. The number of benzene rings is 1. The van der Waals surface area contributed by atoms with Crippen LogP contribution in [0.25, 0.3) is 0 Å². The molecule has 1 aromatic carbocycles. The second-order valence-electron chi connectivity index (χ2n) is 6.95. The fourth-order valence-electron chi connectivity index (χ4n) is 2.83. The first-order valence-corrected chi connectivity index (χ1v) is 10.3. The number of unbranched alkanes of at least 4 members (excludes halogenated alkanes) is 6. The molecule has 0 radical (unpaired) electrons. The van der Waals surface area contributed by atoms with Crippen molar-refractivity contribution in [1.29, 1.82) is 0 Å². The Morgan fingerprint density at radius 2 is 1.00 bits per heavy atom. The number of rotatable bonds is 14. The second-order valence-corrected chi connectivity index (χ2v) is 6.95. The third-order valence-electron chi connectivity index (χ3n) is 4.52. The van der Waals surface area contributed by atoms with Crippen LogP contribution >= 0.6 is 0 Å². The van der Waals surface area contributed by atoms with Gasteiger partial charge in [-0.2, -0.15) is 0 Å². The van der Waals surface area contributed by atoms with Gasteiger partial charge in [-0.3, -0.25) is 0 Å². The maximum absolute atomic E-state index is 12.4. The van der Waals surface area contributed by atoms with Gasteiger partial charge in [0.25, 0.3) is 0 Å². The van der Waals surface area contributed by atoms with Crippen LogP contribution in [0.5, 0.6) is 0 Å². The summed E-state index contributed by atoms with van der Waals surface area (Å²) >= 11 is 0. The molecule has 0 heterocycles. The molecule has 0 spiro atoms. The Balaban J connectivity index is 3.07. The van der Waals surface area contributed by atoms with E-state index in [0.29, 0.717) is 12.8 Å². The molecule has 2 N–H and O–H groups in total. The number of ether oxygens (including phenoxy) is 2. The molecule has 0 aliphatic heterocycles. The Morgan fingerprint density at radius 3 is 1.33 bits per heavy atom. The lowest BCUT2D eigenvalue weighted by atomic mass is 9.98. The first kappa shape index (κ1) is 25.1. The molecule has 166 valence electrons. The van der Waals surface area contributed by atoms with Crippen LogP contribution in [0.3, 0.4) is 0 Å². The second kappa shape index (κ2) is 13.3. The van der Waals surface area contributed by atoms with Gasteiger partial charge in [-0.25, -0.2) is 19.2 Å². The van der Waals surface area contributed by atoms with Gasteiger partial charge in [-0.05, 0) is 25.0 Å². The topological polar surface area (TPSA) is 127 Å². The van der Waals surface area contributed by atoms with Crippen LogP contribution in [0.4, 0.5) is 0 Å². The Hall–Kier alpha value is -2.90. The Labute approximate surface area is 176 Å². The highest BCUT2D eigenvalue weighted by Gasteiger charge is 2.27. The van der Waals surface area contributed by atoms with E-state index in [1.807, 2.05) is 13.8 Å². The van der Waals surface area contributed by atoms with Gasteiger partial charge in [0.05, 0.1) is 35.5 Å². The van der Waals surface area contributed by atoms with Crippen molar-refractivity contribution in [1.82, 2.24) is 0 Å². The van der Waals surface area contributed by atoms with Crippen LogP contribution < -0.4 is 0 Å². The molecule has 0 saturated carbocycles. The van der Waals surface area contributed by atoms with Gasteiger partial charge in [-0.1, -0.05) is 52.4 Å². The van der Waals surface area contributed by atoms with Crippen LogP contribution in [0.15, 0.2) is 12.1 Å². The summed E-state index contributed by atoms with van der Waals surface area (Å²) in [7, 11) is 0. The lowest BCUT2D eigenvalue weighted by molar-refractivity contribution is 0.0479. The summed E-state index contributed by atoms with van der Waals surface area (Å²) in [6, 6.07) is 1.74. The first-order chi connectivity index (χ1) is 14.3. The third-order valence-corrected chi connectivity index (χ3v) is 4.52. The Bertz CT molecular complexity index is 694. The largest absolute Gasteiger partial charge is 0.478 e. The summed E-state index contributed by atoms with van der Waals surface area (Å²) < 4.78 is 10.2. The lowest BCUT2D eigenvalue weighted by Crippen LogP contribution is -2.19. The number of carboxylic acids is 2. The van der Waals surface area contributed by atoms with E-state index in [-0.39, 0.29) is 24.3 Å². The molecule has 0 fully saturated rings. The minimum Gasteiger partial charge on any atom is -0.478 e. The van der Waals surface area contributed by atoms with E-state index < -0.39 is 35.0 Å². The van der Waals surface area contributed by atoms with E-state index in [2.05, 4.69) is 0 Å². The molecule has 0 unspecified atom stereocenters. The van der Waals surface area contributed by atoms with E-state index in [0.717, 1.165) is 50.7 Å². The predicted molar refractivity (Wildman–Crippen MR) is 109 cm³/mol. The molecule has 0 aliphatic rings. The maximum atomic E-state index is 12.4. The summed E-state index contributed by atoms with van der Waals surface area (Å²) in [4.78, 5) is 47.9. The summed E-state index contributed by atoms with van der Waals surface area (Å²) in [5.41, 5.74) is -1.82. The van der Waals surface area contributed by atoms with Crippen molar-refractivity contribution in [3.05, 3.63) is 34.4 Å². The van der Waals surface area contributed by atoms with Crippen LogP contribution in [0, 0.1) is 0 Å². The van der Waals surface area contributed by atoms with E-state index in [9.17, 15) is 29.4 Å². The van der Waals surface area contributed by atoms with Crippen molar-refractivity contribution in [2.24, 2.45) is 0 Å². The van der Waals surface area contributed by atoms with Gasteiger partial charge in [0, 0.05) is 0 Å². The summed E-state index contributed by atoms with van der Waals surface area (Å²) in [6.45, 7) is 4.30. The smallest absolute Gasteiger partial charge is 0.339 e. The summed E-state index contributed by atoms with van der Waals surface area (Å²) in [6.07, 6.45) is 6.98. The number of hydrogen-bond donors (Lipinski definition) is 2. The van der Waals surface area contributed by atoms with Crippen LogP contribution in [-0.2, 0) is 9.47 Å². The molecule has 1 aromatic rings. The fourth-order valence-corrected chi connectivity index (χ4v) is 2.83. The van der Waals surface area contributed by atoms with Crippen molar-refractivity contribution in [2.75, 3.05) is 13.2 Å². The maximum Gasteiger partial charge on any atom is 0.339 e. The number of hydrogen-bond acceptors (Lipinski definition) is 6. The van der Waals surface area contributed by atoms with Crippen molar-refractivity contribution < 1.29 is 38.9 Å². The summed E-state index contributed by atoms with van der Waals surface area (Å²) in [5.74, 6) is -4.82. The fraction of sp³-hybridized carbons (Fsp3) is 0.545. The number of esters is 2. The molecule has 8 heteroatoms. The average molecular weight is 422 g/mol. The van der Waals surface area contributed by atoms with Crippen molar-refractivity contribution in [3.8, 4) is 0 Å². The molecule has 0 amide bonds. The quantitative estimate of drug-likeness (QED) is 0.330. The number of carbonyl (C=O) groups is 4. The van der Waals surface area contributed by atoms with Gasteiger partial charge in [0.15, 0.2) is 0 Å². The zero-order valence-electron chi connectivity index (χ0n) is 17.6. The van der Waals surface area contributed by atoms with Gasteiger partial charge < -0.3 is 19.7 Å². The first-order valence-electron chi connectivity index (χ1n) is 10.3. The molecule has 30 heavy (non-hydrogen) atoms. The normalized spacial score (nSPS) is 10.5. The van der Waals surface area contributed by atoms with Crippen molar-refractivity contribution >= 4 is 23.9 Å². The molecule has 8 nitrogen and oxygen atoms in total. The van der Waals surface area contributed by atoms with Gasteiger partial charge in [0.2, 0.25) is 0 Å². The number of aromatic carboxylic acids is 2. The van der Waals surface area contributed by atoms with E-state index >= 15 is 0 Å². The molecule has 0 saturated heterocycles. The molecule has 0 atom stereocenters. The van der Waals surface area contributed by atoms with Gasteiger partial charge >= 0.3 is 23.9 Å². The highest BCUT2D eigenvalue weighted by atomic mass is 16.5. The number of carbonyl (C=O) groups excluding carboxylic acids is 2. The van der Waals surface area contributed by atoms with Gasteiger partial charge in [-0.15, -0.1) is 0 Å². The molecular formula is C22H30O8. The molecule has 0 aliphatic carbocycles. The SMILES string of the molecule is CCCCCCOC(=O)c1cc(C(=O)OCCCCCC)c(C(=O)O)cc1C(=O)O. The van der Waals surface area contributed by atoms with E-state index in [1.54, 1.807) is 0 Å². The van der Waals surface area contributed by atoms with Crippen molar-refractivity contribution in [2.45, 2.75) is 65.2 Å². The highest BCUT2D eigenvalue weighted by molar-refractivity contribution is 6.09. The monoisotopic (exact) mass is 422 g/mol. The Morgan fingerprint density at radius 1 is 0.633 bits per heavy atom. The minimum absolute atomic E-state index is 0.107. The van der Waals surface area contributed by atoms with E-state index in [1.165, 1.54) is 0 Å². The molecule has 0 aromatic heterocycles. The predicted octanol–water partition coefficient (Wildman–Crippen LogP) is 4.56. The minimum atomic E-state index is -1.49. The zero-order chi connectivity index (χ0) is 22.5. The third kappa shape index (κ3) is 7.85. The average Bonchev–Trinajstić information content (AvgIpc) is 2.71. The van der Waals surface area contributed by atoms with Gasteiger partial charge in [0.1, 0.15) is 0 Å². The highest BCUT2D eigenvalue weighted by Crippen LogP contribution is 2.21. The van der Waals surface area contributed by atoms with Crippen LogP contribution in [0.2, 0.25) is 0 Å². The van der Waals surface area contributed by atoms with Crippen LogP contribution in [-0.4, -0.2) is 47.3 Å². The Kier molecular flexibility index (Phi) is 11.2. The lowest BCUT2D eigenvalue weighted by Gasteiger charge is -2.12. The standard InChI is InChI=1S/C22H30O8/c1-3-5-7-9-11-29-21(27)17-14-18(22(28)30-12-10-8-6-4-2)16(20(25)26)13-15(17)19(23)24/h13-14H,3-12H2,1-2H3,(H,23,24)(H,25,26). The van der Waals surface area contributed by atoms with E-state index in [4.69, 9.17) is 9.47 Å². The van der Waals surface area contributed by atoms with Crippen molar-refractivity contribution in [3.63, 3.8) is 0 Å².